The van der Waals surface area contributed by atoms with Crippen LogP contribution in [0, 0.1) is 0 Å². The van der Waals surface area contributed by atoms with Crippen molar-refractivity contribution >= 4 is 26.1 Å². The molecule has 0 fully saturated rings. The van der Waals surface area contributed by atoms with Gasteiger partial charge in [0.05, 0.1) is 5.69 Å². The van der Waals surface area contributed by atoms with E-state index in [0.717, 1.165) is 16.0 Å². The predicted molar refractivity (Wildman–Crippen MR) is 72.6 cm³/mol. The van der Waals surface area contributed by atoms with Gasteiger partial charge in [0.25, 0.3) is 0 Å². The summed E-state index contributed by atoms with van der Waals surface area (Å²) in [4.78, 5) is 4.42. The monoisotopic (exact) mass is 249 g/mol. The number of pyridine rings is 1. The Morgan fingerprint density at radius 1 is 1.19 bits per heavy atom. The summed E-state index contributed by atoms with van der Waals surface area (Å²) in [5, 5.41) is 1.91. The first-order valence-corrected chi connectivity index (χ1v) is 6.10. The molecule has 2 rings (SSSR count). The van der Waals surface area contributed by atoms with Gasteiger partial charge < -0.3 is 0 Å². The maximum Gasteiger partial charge on any atom is 0.0546 e. The predicted octanol–water partition coefficient (Wildman–Crippen LogP) is 3.39. The van der Waals surface area contributed by atoms with Gasteiger partial charge in [-0.1, -0.05) is 36.7 Å². The van der Waals surface area contributed by atoms with E-state index >= 15 is 0 Å². The van der Waals surface area contributed by atoms with E-state index in [0.29, 0.717) is 0 Å². The molecule has 0 radical (unpaired) electrons. The van der Waals surface area contributed by atoms with Crippen molar-refractivity contribution in [3.05, 3.63) is 58.9 Å². The Morgan fingerprint density at radius 3 is 2.50 bits per heavy atom. The van der Waals surface area contributed by atoms with Gasteiger partial charge >= 0.3 is 0 Å². The Morgan fingerprint density at radius 2 is 1.88 bits per heavy atom. The van der Waals surface area contributed by atoms with Gasteiger partial charge in [0, 0.05) is 17.1 Å². The summed E-state index contributed by atoms with van der Waals surface area (Å²) in [5.74, 6) is 0.283. The van der Waals surface area contributed by atoms with Gasteiger partial charge in [-0.05, 0) is 29.1 Å². The first-order chi connectivity index (χ1) is 7.68. The second-order valence-electron chi connectivity index (χ2n) is 3.75. The number of hydrogen-bond donors (Lipinski definition) is 0. The maximum absolute atomic E-state index is 5.87. The molecule has 2 aromatic rings. The quantitative estimate of drug-likeness (QED) is 0.744. The minimum absolute atomic E-state index is 0.283. The van der Waals surface area contributed by atoms with Crippen LogP contribution in [0.25, 0.3) is 0 Å². The molecule has 0 amide bonds. The molecule has 0 N–H and O–H groups in total. The van der Waals surface area contributed by atoms with Crippen molar-refractivity contribution < 1.29 is 0 Å². The Labute approximate surface area is 103 Å². The van der Waals surface area contributed by atoms with Gasteiger partial charge in [-0.15, -0.1) is 9.24 Å². The SMILES string of the molecule is CC(c1ccc(Cl)cc1)c1ncccc1P. The molecule has 2 unspecified atom stereocenters. The Bertz CT molecular complexity index is 482. The fourth-order valence-electron chi connectivity index (χ4n) is 1.70. The largest absolute Gasteiger partial charge is 0.260 e. The summed E-state index contributed by atoms with van der Waals surface area (Å²) in [6, 6.07) is 11.9. The zero-order valence-electron chi connectivity index (χ0n) is 9.02. The smallest absolute Gasteiger partial charge is 0.0546 e. The van der Waals surface area contributed by atoms with Gasteiger partial charge in [0.2, 0.25) is 0 Å². The highest BCUT2D eigenvalue weighted by atomic mass is 35.5. The topological polar surface area (TPSA) is 12.9 Å². The van der Waals surface area contributed by atoms with Crippen molar-refractivity contribution in [2.45, 2.75) is 12.8 Å². The lowest BCUT2D eigenvalue weighted by Crippen LogP contribution is -2.09. The molecule has 16 heavy (non-hydrogen) atoms. The lowest BCUT2D eigenvalue weighted by Gasteiger charge is -2.13. The van der Waals surface area contributed by atoms with E-state index in [1.54, 1.807) is 0 Å². The van der Waals surface area contributed by atoms with Crippen LogP contribution in [0.15, 0.2) is 42.6 Å². The summed E-state index contributed by atoms with van der Waals surface area (Å²) >= 11 is 5.87. The van der Waals surface area contributed by atoms with Gasteiger partial charge in [-0.25, -0.2) is 0 Å². The van der Waals surface area contributed by atoms with Crippen molar-refractivity contribution in [1.29, 1.82) is 0 Å². The third-order valence-corrected chi connectivity index (χ3v) is 3.39. The van der Waals surface area contributed by atoms with E-state index in [9.17, 15) is 0 Å². The molecule has 0 aliphatic carbocycles. The Kier molecular flexibility index (Phi) is 3.58. The van der Waals surface area contributed by atoms with Crippen molar-refractivity contribution in [2.24, 2.45) is 0 Å². The summed E-state index contributed by atoms with van der Waals surface area (Å²) in [5.41, 5.74) is 2.32. The van der Waals surface area contributed by atoms with Crippen LogP contribution in [-0.2, 0) is 0 Å². The average molecular weight is 250 g/mol. The maximum atomic E-state index is 5.87. The van der Waals surface area contributed by atoms with E-state index in [-0.39, 0.29) is 5.92 Å². The number of hydrogen-bond acceptors (Lipinski definition) is 1. The Hall–Kier alpha value is -0.910. The summed E-state index contributed by atoms with van der Waals surface area (Å²) in [6.45, 7) is 2.15. The first-order valence-electron chi connectivity index (χ1n) is 5.14. The van der Waals surface area contributed by atoms with Crippen LogP contribution in [0.5, 0.6) is 0 Å². The lowest BCUT2D eigenvalue weighted by molar-refractivity contribution is 0.881. The molecule has 0 bridgehead atoms. The van der Waals surface area contributed by atoms with E-state index in [1.165, 1.54) is 5.56 Å². The van der Waals surface area contributed by atoms with E-state index in [1.807, 2.05) is 36.5 Å². The zero-order valence-corrected chi connectivity index (χ0v) is 10.9. The normalized spacial score (nSPS) is 12.4. The van der Waals surface area contributed by atoms with Crippen molar-refractivity contribution in [3.8, 4) is 0 Å². The van der Waals surface area contributed by atoms with Crippen LogP contribution in [0.3, 0.4) is 0 Å². The van der Waals surface area contributed by atoms with Crippen LogP contribution < -0.4 is 5.30 Å². The molecule has 0 spiro atoms. The molecule has 0 aliphatic rings. The molecular weight excluding hydrogens is 237 g/mol. The third-order valence-electron chi connectivity index (χ3n) is 2.65. The number of benzene rings is 1. The Balaban J connectivity index is 2.35. The fourth-order valence-corrected chi connectivity index (χ4v) is 2.26. The average Bonchev–Trinajstić information content (AvgIpc) is 2.30. The minimum Gasteiger partial charge on any atom is -0.260 e. The van der Waals surface area contributed by atoms with Crippen molar-refractivity contribution in [3.63, 3.8) is 0 Å². The molecule has 82 valence electrons. The second kappa shape index (κ2) is 4.95. The van der Waals surface area contributed by atoms with E-state index in [2.05, 4.69) is 27.2 Å². The second-order valence-corrected chi connectivity index (χ2v) is 4.81. The van der Waals surface area contributed by atoms with Crippen LogP contribution >= 0.6 is 20.8 Å². The fraction of sp³-hybridized carbons (Fsp3) is 0.154. The van der Waals surface area contributed by atoms with Crippen molar-refractivity contribution in [1.82, 2.24) is 4.98 Å². The number of nitrogens with zero attached hydrogens (tertiary/aromatic N) is 1. The van der Waals surface area contributed by atoms with E-state index < -0.39 is 0 Å². The highest BCUT2D eigenvalue weighted by molar-refractivity contribution is 7.27. The van der Waals surface area contributed by atoms with Gasteiger partial charge in [0.1, 0.15) is 0 Å². The zero-order chi connectivity index (χ0) is 11.5. The van der Waals surface area contributed by atoms with Crippen LogP contribution in [0.1, 0.15) is 24.1 Å². The third kappa shape index (κ3) is 2.42. The summed E-state index contributed by atoms with van der Waals surface area (Å²) in [6.07, 6.45) is 1.83. The number of rotatable bonds is 2. The molecule has 1 nitrogen and oxygen atoms in total. The molecule has 1 aromatic carbocycles. The molecule has 1 heterocycles. The van der Waals surface area contributed by atoms with Crippen LogP contribution in [0.4, 0.5) is 0 Å². The highest BCUT2D eigenvalue weighted by Gasteiger charge is 2.11. The molecule has 3 heteroatoms. The van der Waals surface area contributed by atoms with Gasteiger partial charge in [0.15, 0.2) is 0 Å². The molecular formula is C13H13ClNP. The number of halogens is 1. The summed E-state index contributed by atoms with van der Waals surface area (Å²) < 4.78 is 0. The van der Waals surface area contributed by atoms with Crippen LogP contribution in [-0.4, -0.2) is 4.98 Å². The minimum atomic E-state index is 0.283. The molecule has 0 aliphatic heterocycles. The van der Waals surface area contributed by atoms with Gasteiger partial charge in [-0.3, -0.25) is 4.98 Å². The standard InChI is InChI=1S/C13H13ClNP/c1-9(10-4-6-11(14)7-5-10)13-12(16)3-2-8-15-13/h2-9H,16H2,1H3. The summed E-state index contributed by atoms with van der Waals surface area (Å²) in [7, 11) is 2.73. The molecule has 0 saturated heterocycles. The number of aromatic nitrogens is 1. The van der Waals surface area contributed by atoms with E-state index in [4.69, 9.17) is 11.6 Å². The van der Waals surface area contributed by atoms with Crippen molar-refractivity contribution in [2.75, 3.05) is 0 Å². The highest BCUT2D eigenvalue weighted by Crippen LogP contribution is 2.23. The van der Waals surface area contributed by atoms with Crippen LogP contribution in [0.2, 0.25) is 5.02 Å². The molecule has 0 saturated carbocycles. The molecule has 2 atom stereocenters. The lowest BCUT2D eigenvalue weighted by atomic mass is 9.97. The van der Waals surface area contributed by atoms with Gasteiger partial charge in [-0.2, -0.15) is 0 Å². The molecule has 1 aromatic heterocycles. The first kappa shape index (κ1) is 11.6.